The molecule has 7 heteroatoms. The van der Waals surface area contributed by atoms with Crippen molar-refractivity contribution in [1.82, 2.24) is 24.8 Å². The molecular weight excluding hydrogens is 306 g/mol. The summed E-state index contributed by atoms with van der Waals surface area (Å²) < 4.78 is 7.05. The van der Waals surface area contributed by atoms with E-state index in [0.29, 0.717) is 0 Å². The third-order valence-electron chi connectivity index (χ3n) is 3.64. The fourth-order valence-electron chi connectivity index (χ4n) is 2.37. The first-order chi connectivity index (χ1) is 11.7. The highest BCUT2D eigenvalue weighted by atomic mass is 16.5. The Morgan fingerprint density at radius 1 is 1.17 bits per heavy atom. The molecule has 3 rings (SSSR count). The lowest BCUT2D eigenvalue weighted by molar-refractivity contribution is 0.0935. The van der Waals surface area contributed by atoms with Crippen LogP contribution >= 0.6 is 0 Å². The largest absolute Gasteiger partial charge is 0.497 e. The summed E-state index contributed by atoms with van der Waals surface area (Å²) in [7, 11) is 3.49. The summed E-state index contributed by atoms with van der Waals surface area (Å²) >= 11 is 0. The summed E-state index contributed by atoms with van der Waals surface area (Å²) in [6.45, 7) is 0. The highest BCUT2D eigenvalue weighted by Crippen LogP contribution is 2.23. The molecule has 1 N–H and O–H groups in total. The molecule has 0 saturated heterocycles. The van der Waals surface area contributed by atoms with Crippen LogP contribution in [0.5, 0.6) is 5.75 Å². The van der Waals surface area contributed by atoms with E-state index in [2.05, 4.69) is 20.3 Å². The second kappa shape index (κ2) is 6.91. The lowest BCUT2D eigenvalue weighted by Gasteiger charge is -2.19. The smallest absolute Gasteiger partial charge is 0.272 e. The lowest BCUT2D eigenvalue weighted by atomic mass is 10.1. The number of aromatic nitrogens is 4. The number of nitrogens with zero attached hydrogens (tertiary/aromatic N) is 4. The summed E-state index contributed by atoms with van der Waals surface area (Å²) in [6, 6.07) is 7.08. The number of carbonyl (C=O) groups is 1. The van der Waals surface area contributed by atoms with Gasteiger partial charge in [0, 0.05) is 31.8 Å². The van der Waals surface area contributed by atoms with Crippen LogP contribution in [-0.2, 0) is 7.05 Å². The van der Waals surface area contributed by atoms with Crippen LogP contribution in [-0.4, -0.2) is 32.5 Å². The number of benzene rings is 1. The highest BCUT2D eigenvalue weighted by Gasteiger charge is 2.22. The Labute approximate surface area is 139 Å². The summed E-state index contributed by atoms with van der Waals surface area (Å²) in [5.74, 6) is 1.15. The number of imidazole rings is 1. The Balaban J connectivity index is 1.93. The van der Waals surface area contributed by atoms with E-state index >= 15 is 0 Å². The van der Waals surface area contributed by atoms with E-state index in [1.165, 1.54) is 18.6 Å². The van der Waals surface area contributed by atoms with E-state index in [1.807, 2.05) is 42.1 Å². The number of aryl methyl sites for hydroxylation is 1. The molecule has 1 unspecified atom stereocenters. The number of carbonyl (C=O) groups excluding carboxylic acids is 1. The van der Waals surface area contributed by atoms with Crippen molar-refractivity contribution in [3.63, 3.8) is 0 Å². The molecule has 0 aliphatic heterocycles. The minimum Gasteiger partial charge on any atom is -0.497 e. The number of nitrogens with one attached hydrogen (secondary N) is 1. The summed E-state index contributed by atoms with van der Waals surface area (Å²) in [4.78, 5) is 24.8. The first-order valence-corrected chi connectivity index (χ1v) is 7.37. The van der Waals surface area contributed by atoms with E-state index in [1.54, 1.807) is 13.3 Å². The van der Waals surface area contributed by atoms with Crippen molar-refractivity contribution in [2.45, 2.75) is 6.04 Å². The third-order valence-corrected chi connectivity index (χ3v) is 3.64. The molecule has 0 aliphatic rings. The molecule has 1 atom stereocenters. The second-order valence-electron chi connectivity index (χ2n) is 5.17. The maximum Gasteiger partial charge on any atom is 0.272 e. The van der Waals surface area contributed by atoms with Gasteiger partial charge in [0.05, 0.1) is 13.3 Å². The molecule has 0 bridgehead atoms. The number of hydrogen-bond donors (Lipinski definition) is 1. The molecule has 3 aromatic rings. The number of rotatable bonds is 5. The van der Waals surface area contributed by atoms with Crippen molar-refractivity contribution in [3.8, 4) is 5.75 Å². The molecule has 0 radical (unpaired) electrons. The Morgan fingerprint density at radius 3 is 2.54 bits per heavy atom. The lowest BCUT2D eigenvalue weighted by Crippen LogP contribution is -2.31. The van der Waals surface area contributed by atoms with E-state index in [4.69, 9.17) is 4.74 Å². The van der Waals surface area contributed by atoms with Crippen LogP contribution in [0.2, 0.25) is 0 Å². The van der Waals surface area contributed by atoms with Gasteiger partial charge >= 0.3 is 0 Å². The fourth-order valence-corrected chi connectivity index (χ4v) is 2.37. The van der Waals surface area contributed by atoms with Crippen LogP contribution in [0.1, 0.15) is 27.9 Å². The number of amides is 1. The van der Waals surface area contributed by atoms with Crippen molar-refractivity contribution >= 4 is 5.91 Å². The average molecular weight is 323 g/mol. The highest BCUT2D eigenvalue weighted by molar-refractivity contribution is 5.92. The predicted octanol–water partition coefficient (Wildman–Crippen LogP) is 1.74. The quantitative estimate of drug-likeness (QED) is 0.773. The minimum atomic E-state index is -0.412. The molecule has 7 nitrogen and oxygen atoms in total. The average Bonchev–Trinajstić information content (AvgIpc) is 3.06. The molecule has 0 saturated carbocycles. The van der Waals surface area contributed by atoms with Crippen LogP contribution in [0.15, 0.2) is 55.2 Å². The Morgan fingerprint density at radius 2 is 1.96 bits per heavy atom. The van der Waals surface area contributed by atoms with Gasteiger partial charge in [-0.3, -0.25) is 9.78 Å². The van der Waals surface area contributed by atoms with Crippen molar-refractivity contribution in [1.29, 1.82) is 0 Å². The van der Waals surface area contributed by atoms with Crippen molar-refractivity contribution in [2.24, 2.45) is 7.05 Å². The summed E-state index contributed by atoms with van der Waals surface area (Å²) in [6.07, 6.45) is 7.97. The van der Waals surface area contributed by atoms with Crippen molar-refractivity contribution < 1.29 is 9.53 Å². The van der Waals surface area contributed by atoms with E-state index < -0.39 is 6.04 Å². The number of hydrogen-bond acceptors (Lipinski definition) is 5. The van der Waals surface area contributed by atoms with E-state index in [0.717, 1.165) is 17.1 Å². The zero-order chi connectivity index (χ0) is 16.9. The summed E-state index contributed by atoms with van der Waals surface area (Å²) in [5, 5.41) is 2.96. The molecular formula is C17H17N5O2. The van der Waals surface area contributed by atoms with Crippen LogP contribution in [0, 0.1) is 0 Å². The van der Waals surface area contributed by atoms with Crippen LogP contribution in [0.3, 0.4) is 0 Å². The van der Waals surface area contributed by atoms with Gasteiger partial charge in [0.25, 0.3) is 5.91 Å². The van der Waals surface area contributed by atoms with Gasteiger partial charge < -0.3 is 14.6 Å². The molecule has 1 aromatic carbocycles. The van der Waals surface area contributed by atoms with Crippen molar-refractivity contribution in [2.75, 3.05) is 7.11 Å². The number of methoxy groups -OCH3 is 1. The molecule has 0 fully saturated rings. The molecule has 122 valence electrons. The topological polar surface area (TPSA) is 81.9 Å². The zero-order valence-electron chi connectivity index (χ0n) is 13.4. The van der Waals surface area contributed by atoms with Gasteiger partial charge in [0.1, 0.15) is 23.3 Å². The monoisotopic (exact) mass is 323 g/mol. The molecule has 0 aliphatic carbocycles. The van der Waals surface area contributed by atoms with Crippen LogP contribution in [0.4, 0.5) is 0 Å². The maximum absolute atomic E-state index is 12.5. The first-order valence-electron chi connectivity index (χ1n) is 7.37. The Hall–Kier alpha value is -3.22. The summed E-state index contributed by atoms with van der Waals surface area (Å²) in [5.41, 5.74) is 1.15. The third kappa shape index (κ3) is 3.24. The molecule has 2 heterocycles. The first kappa shape index (κ1) is 15.7. The van der Waals surface area contributed by atoms with Gasteiger partial charge in [0.2, 0.25) is 0 Å². The number of ether oxygens (including phenoxy) is 1. The van der Waals surface area contributed by atoms with Gasteiger partial charge in [-0.15, -0.1) is 0 Å². The molecule has 24 heavy (non-hydrogen) atoms. The van der Waals surface area contributed by atoms with Gasteiger partial charge in [-0.05, 0) is 17.7 Å². The van der Waals surface area contributed by atoms with Gasteiger partial charge in [-0.2, -0.15) is 0 Å². The zero-order valence-corrected chi connectivity index (χ0v) is 13.4. The fraction of sp³-hybridized carbons (Fsp3) is 0.176. The van der Waals surface area contributed by atoms with Crippen LogP contribution in [0.25, 0.3) is 0 Å². The Kier molecular flexibility index (Phi) is 4.51. The predicted molar refractivity (Wildman–Crippen MR) is 87.5 cm³/mol. The second-order valence-corrected chi connectivity index (χ2v) is 5.17. The van der Waals surface area contributed by atoms with Gasteiger partial charge in [0.15, 0.2) is 0 Å². The van der Waals surface area contributed by atoms with E-state index in [-0.39, 0.29) is 11.6 Å². The van der Waals surface area contributed by atoms with Crippen molar-refractivity contribution in [3.05, 3.63) is 72.3 Å². The van der Waals surface area contributed by atoms with Gasteiger partial charge in [-0.25, -0.2) is 9.97 Å². The molecule has 0 spiro atoms. The molecule has 2 aromatic heterocycles. The van der Waals surface area contributed by atoms with Crippen LogP contribution < -0.4 is 10.1 Å². The SMILES string of the molecule is COc1ccc(C(NC(=O)c2cnccn2)c2nccn2C)cc1. The standard InChI is InChI=1S/C17H17N5O2/c1-22-10-9-20-16(22)15(12-3-5-13(24-2)6-4-12)21-17(23)14-11-18-7-8-19-14/h3-11,15H,1-2H3,(H,21,23). The maximum atomic E-state index is 12.5. The Bertz CT molecular complexity index is 815. The molecule has 1 amide bonds. The van der Waals surface area contributed by atoms with E-state index in [9.17, 15) is 4.79 Å². The van der Waals surface area contributed by atoms with Gasteiger partial charge in [-0.1, -0.05) is 12.1 Å². The minimum absolute atomic E-state index is 0.255. The normalized spacial score (nSPS) is 11.8.